The molecule has 0 saturated heterocycles. The van der Waals surface area contributed by atoms with E-state index in [0.717, 1.165) is 0 Å². The molecule has 0 spiro atoms. The minimum atomic E-state index is -1.15. The third-order valence-corrected chi connectivity index (χ3v) is 5.40. The monoisotopic (exact) mass is 328 g/mol. The van der Waals surface area contributed by atoms with Gasteiger partial charge in [-0.1, -0.05) is 0 Å². The summed E-state index contributed by atoms with van der Waals surface area (Å²) < 4.78 is 0. The molecule has 2 rings (SSSR count). The van der Waals surface area contributed by atoms with Crippen LogP contribution in [0.1, 0.15) is 32.1 Å². The Hall–Kier alpha value is -2.12. The number of rotatable bonds is 4. The van der Waals surface area contributed by atoms with Crippen LogP contribution in [0.3, 0.4) is 0 Å². The zero-order valence-corrected chi connectivity index (χ0v) is 12.4. The Bertz CT molecular complexity index is 528. The normalized spacial score (nSPS) is 37.2. The van der Waals surface area contributed by atoms with E-state index in [1.54, 1.807) is 0 Å². The maximum Gasteiger partial charge on any atom is 0.306 e. The Balaban J connectivity index is 2.33. The molecule has 128 valence electrons. The van der Waals surface area contributed by atoms with Crippen LogP contribution < -0.4 is 0 Å². The fourth-order valence-electron chi connectivity index (χ4n) is 4.25. The van der Waals surface area contributed by atoms with Crippen molar-refractivity contribution in [2.24, 2.45) is 35.5 Å². The fraction of sp³-hybridized carbons (Fsp3) is 0.733. The molecule has 8 nitrogen and oxygen atoms in total. The van der Waals surface area contributed by atoms with E-state index in [1.165, 1.54) is 0 Å². The maximum absolute atomic E-state index is 11.4. The van der Waals surface area contributed by atoms with Gasteiger partial charge in [0.15, 0.2) is 0 Å². The van der Waals surface area contributed by atoms with Crippen molar-refractivity contribution < 1.29 is 39.6 Å². The Kier molecular flexibility index (Phi) is 4.91. The molecule has 0 aromatic heterocycles. The van der Waals surface area contributed by atoms with Crippen LogP contribution in [-0.4, -0.2) is 44.3 Å². The molecule has 2 fully saturated rings. The third-order valence-electron chi connectivity index (χ3n) is 5.40. The van der Waals surface area contributed by atoms with Crippen molar-refractivity contribution in [1.82, 2.24) is 0 Å². The average Bonchev–Trinajstić information content (AvgIpc) is 2.75. The second-order valence-corrected chi connectivity index (χ2v) is 6.57. The highest BCUT2D eigenvalue weighted by Gasteiger charge is 2.51. The molecule has 6 unspecified atom stereocenters. The molecule has 2 aliphatic carbocycles. The van der Waals surface area contributed by atoms with E-state index in [0.29, 0.717) is 6.42 Å². The van der Waals surface area contributed by atoms with Gasteiger partial charge < -0.3 is 20.4 Å². The first-order valence-electron chi connectivity index (χ1n) is 7.63. The molecule has 4 N–H and O–H groups in total. The van der Waals surface area contributed by atoms with Gasteiger partial charge in [-0.15, -0.1) is 0 Å². The number of hydrogen-bond acceptors (Lipinski definition) is 4. The molecular weight excluding hydrogens is 308 g/mol. The van der Waals surface area contributed by atoms with E-state index < -0.39 is 59.4 Å². The number of fused-ring (bicyclic) bond motifs is 1. The van der Waals surface area contributed by atoms with Crippen molar-refractivity contribution in [3.8, 4) is 0 Å². The Morgan fingerprint density at radius 1 is 0.565 bits per heavy atom. The highest BCUT2D eigenvalue weighted by atomic mass is 16.4. The lowest BCUT2D eigenvalue weighted by atomic mass is 9.72. The SMILES string of the molecule is O=C(O)C1CCC2C(C(=O)O)CC(C(=O)O)C2CC(C(=O)O)C1. The van der Waals surface area contributed by atoms with Gasteiger partial charge in [0.25, 0.3) is 0 Å². The van der Waals surface area contributed by atoms with Crippen LogP contribution in [0.5, 0.6) is 0 Å². The molecule has 0 amide bonds. The molecule has 0 aliphatic heterocycles. The predicted molar refractivity (Wildman–Crippen MR) is 74.6 cm³/mol. The number of carboxylic acid groups (broad SMARTS) is 4. The molecule has 0 bridgehead atoms. The summed E-state index contributed by atoms with van der Waals surface area (Å²) in [6.07, 6.45) is 0.428. The molecule has 8 heteroatoms. The van der Waals surface area contributed by atoms with Crippen molar-refractivity contribution in [2.45, 2.75) is 32.1 Å². The van der Waals surface area contributed by atoms with E-state index in [9.17, 15) is 39.6 Å². The molecule has 6 atom stereocenters. The zero-order chi connectivity index (χ0) is 17.3. The van der Waals surface area contributed by atoms with E-state index >= 15 is 0 Å². The summed E-state index contributed by atoms with van der Waals surface area (Å²) in [7, 11) is 0. The van der Waals surface area contributed by atoms with Gasteiger partial charge in [0.2, 0.25) is 0 Å². The Morgan fingerprint density at radius 3 is 1.57 bits per heavy atom. The minimum absolute atomic E-state index is 0.0184. The molecule has 2 aliphatic rings. The first-order chi connectivity index (χ1) is 10.7. The first kappa shape index (κ1) is 17.2. The van der Waals surface area contributed by atoms with Gasteiger partial charge in [-0.25, -0.2) is 0 Å². The van der Waals surface area contributed by atoms with Crippen LogP contribution in [0, 0.1) is 35.5 Å². The number of hydrogen-bond donors (Lipinski definition) is 4. The van der Waals surface area contributed by atoms with E-state index in [1.807, 2.05) is 0 Å². The molecule has 0 heterocycles. The second kappa shape index (κ2) is 6.55. The van der Waals surface area contributed by atoms with Crippen LogP contribution in [0.25, 0.3) is 0 Å². The number of carboxylic acids is 4. The number of aliphatic carboxylic acids is 4. The predicted octanol–water partition coefficient (Wildman–Crippen LogP) is 1.000. The van der Waals surface area contributed by atoms with Gasteiger partial charge in [-0.2, -0.15) is 0 Å². The highest BCUT2D eigenvalue weighted by Crippen LogP contribution is 2.49. The first-order valence-corrected chi connectivity index (χ1v) is 7.63. The summed E-state index contributed by atoms with van der Waals surface area (Å²) in [5.41, 5.74) is 0. The Morgan fingerprint density at radius 2 is 1.09 bits per heavy atom. The van der Waals surface area contributed by atoms with Gasteiger partial charge in [0.1, 0.15) is 0 Å². The summed E-state index contributed by atoms with van der Waals surface area (Å²) in [5.74, 6) is -9.01. The lowest BCUT2D eigenvalue weighted by Crippen LogP contribution is -2.34. The molecular formula is C15H20O8. The summed E-state index contributed by atoms with van der Waals surface area (Å²) in [4.78, 5) is 45.5. The topological polar surface area (TPSA) is 149 Å². The van der Waals surface area contributed by atoms with E-state index in [2.05, 4.69) is 0 Å². The smallest absolute Gasteiger partial charge is 0.306 e. The van der Waals surface area contributed by atoms with Gasteiger partial charge in [-0.3, -0.25) is 19.2 Å². The Labute approximate surface area is 132 Å². The summed E-state index contributed by atoms with van der Waals surface area (Å²) >= 11 is 0. The molecule has 0 aromatic rings. The van der Waals surface area contributed by atoms with E-state index in [-0.39, 0.29) is 25.7 Å². The van der Waals surface area contributed by atoms with Crippen molar-refractivity contribution in [3.63, 3.8) is 0 Å². The standard InChI is InChI=1S/C15H20O8/c16-12(17)6-1-2-8-9(4-7(3-6)13(18)19)11(15(22)23)5-10(8)14(20)21/h6-11H,1-5H2,(H,16,17)(H,18,19)(H,20,21)(H,22,23). The van der Waals surface area contributed by atoms with Crippen molar-refractivity contribution in [3.05, 3.63) is 0 Å². The molecule has 23 heavy (non-hydrogen) atoms. The van der Waals surface area contributed by atoms with Gasteiger partial charge in [-0.05, 0) is 43.9 Å². The van der Waals surface area contributed by atoms with Crippen molar-refractivity contribution in [2.75, 3.05) is 0 Å². The van der Waals surface area contributed by atoms with E-state index in [4.69, 9.17) is 0 Å². The summed E-state index contributed by atoms with van der Waals surface area (Å²) in [6, 6.07) is 0. The highest BCUT2D eigenvalue weighted by molar-refractivity contribution is 5.77. The largest absolute Gasteiger partial charge is 0.481 e. The molecule has 0 radical (unpaired) electrons. The van der Waals surface area contributed by atoms with Gasteiger partial charge >= 0.3 is 23.9 Å². The van der Waals surface area contributed by atoms with Crippen LogP contribution in [-0.2, 0) is 19.2 Å². The van der Waals surface area contributed by atoms with Crippen molar-refractivity contribution in [1.29, 1.82) is 0 Å². The van der Waals surface area contributed by atoms with Crippen LogP contribution in [0.4, 0.5) is 0 Å². The average molecular weight is 328 g/mol. The fourth-order valence-corrected chi connectivity index (χ4v) is 4.25. The molecule has 0 aromatic carbocycles. The third kappa shape index (κ3) is 3.46. The molecule has 2 saturated carbocycles. The van der Waals surface area contributed by atoms with Gasteiger partial charge in [0, 0.05) is 0 Å². The van der Waals surface area contributed by atoms with Crippen molar-refractivity contribution >= 4 is 23.9 Å². The maximum atomic E-state index is 11.4. The summed E-state index contributed by atoms with van der Waals surface area (Å²) in [6.45, 7) is 0. The quantitative estimate of drug-likeness (QED) is 0.597. The van der Waals surface area contributed by atoms with Crippen LogP contribution in [0.15, 0.2) is 0 Å². The van der Waals surface area contributed by atoms with Gasteiger partial charge in [0.05, 0.1) is 23.7 Å². The zero-order valence-electron chi connectivity index (χ0n) is 12.4. The van der Waals surface area contributed by atoms with Crippen LogP contribution in [0.2, 0.25) is 0 Å². The second-order valence-electron chi connectivity index (χ2n) is 6.57. The number of carbonyl (C=O) groups is 4. The summed E-state index contributed by atoms with van der Waals surface area (Å²) in [5, 5.41) is 37.2. The van der Waals surface area contributed by atoms with Crippen LogP contribution >= 0.6 is 0 Å². The lowest BCUT2D eigenvalue weighted by molar-refractivity contribution is -0.150. The minimum Gasteiger partial charge on any atom is -0.481 e. The lowest BCUT2D eigenvalue weighted by Gasteiger charge is -2.31.